The van der Waals surface area contributed by atoms with Gasteiger partial charge < -0.3 is 15.0 Å². The molecule has 0 aromatic carbocycles. The van der Waals surface area contributed by atoms with E-state index in [1.54, 1.807) is 0 Å². The molecule has 1 saturated carbocycles. The lowest BCUT2D eigenvalue weighted by Crippen LogP contribution is -2.56. The third-order valence-corrected chi connectivity index (χ3v) is 3.16. The van der Waals surface area contributed by atoms with E-state index >= 15 is 0 Å². The molecule has 2 aliphatic rings. The van der Waals surface area contributed by atoms with Gasteiger partial charge in [-0.05, 0) is 18.8 Å². The summed E-state index contributed by atoms with van der Waals surface area (Å²) in [5.41, 5.74) is 0. The highest BCUT2D eigenvalue weighted by Gasteiger charge is 2.33. The Morgan fingerprint density at radius 1 is 1.56 bits per heavy atom. The van der Waals surface area contributed by atoms with Crippen LogP contribution < -0.4 is 5.32 Å². The molecule has 0 aromatic heterocycles. The topological polar surface area (TPSA) is 58.6 Å². The number of rotatable bonds is 4. The maximum Gasteiger partial charge on any atom is 0.307 e. The summed E-state index contributed by atoms with van der Waals surface area (Å²) in [5, 5.41) is 3.07. The van der Waals surface area contributed by atoms with Gasteiger partial charge in [0.05, 0.1) is 19.6 Å². The molecule has 1 amide bonds. The fourth-order valence-corrected chi connectivity index (χ4v) is 1.99. The summed E-state index contributed by atoms with van der Waals surface area (Å²) < 4.78 is 4.58. The first kappa shape index (κ1) is 11.4. The van der Waals surface area contributed by atoms with E-state index in [9.17, 15) is 9.59 Å². The Kier molecular flexibility index (Phi) is 3.43. The van der Waals surface area contributed by atoms with Gasteiger partial charge in [-0.1, -0.05) is 0 Å². The van der Waals surface area contributed by atoms with Crippen LogP contribution in [-0.2, 0) is 14.3 Å². The van der Waals surface area contributed by atoms with Gasteiger partial charge in [-0.15, -0.1) is 0 Å². The second-order valence-electron chi connectivity index (χ2n) is 4.51. The average Bonchev–Trinajstić information content (AvgIpc) is 3.07. The van der Waals surface area contributed by atoms with Crippen LogP contribution in [0.4, 0.5) is 0 Å². The van der Waals surface area contributed by atoms with E-state index in [-0.39, 0.29) is 24.3 Å². The van der Waals surface area contributed by atoms with Crippen LogP contribution in [0.25, 0.3) is 0 Å². The molecule has 1 atom stereocenters. The van der Waals surface area contributed by atoms with Crippen molar-refractivity contribution in [2.24, 2.45) is 5.92 Å². The molecule has 16 heavy (non-hydrogen) atoms. The molecule has 1 N–H and O–H groups in total. The predicted octanol–water partition coefficient (Wildman–Crippen LogP) is -0.240. The van der Waals surface area contributed by atoms with Crippen LogP contribution in [0.1, 0.15) is 19.3 Å². The van der Waals surface area contributed by atoms with Gasteiger partial charge in [-0.2, -0.15) is 0 Å². The zero-order valence-electron chi connectivity index (χ0n) is 9.57. The third-order valence-electron chi connectivity index (χ3n) is 3.16. The van der Waals surface area contributed by atoms with E-state index in [4.69, 9.17) is 0 Å². The van der Waals surface area contributed by atoms with Gasteiger partial charge in [-0.25, -0.2) is 0 Å². The van der Waals surface area contributed by atoms with Crippen LogP contribution in [0, 0.1) is 5.92 Å². The molecule has 0 radical (unpaired) electrons. The van der Waals surface area contributed by atoms with Crippen LogP contribution in [0.15, 0.2) is 0 Å². The molecule has 90 valence electrons. The minimum absolute atomic E-state index is 0.0450. The number of nitrogens with zero attached hydrogens (tertiary/aromatic N) is 1. The normalized spacial score (nSPS) is 25.7. The first-order chi connectivity index (χ1) is 7.70. The third kappa shape index (κ3) is 2.72. The Morgan fingerprint density at radius 3 is 2.94 bits per heavy atom. The number of hydrogen-bond acceptors (Lipinski definition) is 4. The fraction of sp³-hybridized carbons (Fsp3) is 0.818. The number of esters is 1. The van der Waals surface area contributed by atoms with Gasteiger partial charge in [0, 0.05) is 19.6 Å². The van der Waals surface area contributed by atoms with Crippen LogP contribution in [0.5, 0.6) is 0 Å². The highest BCUT2D eigenvalue weighted by molar-refractivity contribution is 5.87. The van der Waals surface area contributed by atoms with Crippen molar-refractivity contribution in [3.63, 3.8) is 0 Å². The molecule has 0 aromatic rings. The minimum atomic E-state index is -0.389. The van der Waals surface area contributed by atoms with E-state index in [0.717, 1.165) is 19.6 Å². The lowest BCUT2D eigenvalue weighted by molar-refractivity contribution is -0.146. The summed E-state index contributed by atoms with van der Waals surface area (Å²) >= 11 is 0. The molecule has 5 nitrogen and oxygen atoms in total. The second kappa shape index (κ2) is 4.82. The molecular weight excluding hydrogens is 208 g/mol. The highest BCUT2D eigenvalue weighted by Crippen LogP contribution is 2.30. The van der Waals surface area contributed by atoms with Crippen molar-refractivity contribution in [3.8, 4) is 0 Å². The highest BCUT2D eigenvalue weighted by atomic mass is 16.5. The van der Waals surface area contributed by atoms with Gasteiger partial charge in [0.25, 0.3) is 0 Å². The van der Waals surface area contributed by atoms with Crippen LogP contribution >= 0.6 is 0 Å². The molecule has 1 saturated heterocycles. The Labute approximate surface area is 95.1 Å². The summed E-state index contributed by atoms with van der Waals surface area (Å²) in [7, 11) is 1.34. The first-order valence-corrected chi connectivity index (χ1v) is 5.79. The molecule has 2 fully saturated rings. The van der Waals surface area contributed by atoms with Crippen molar-refractivity contribution in [1.82, 2.24) is 10.2 Å². The Hall–Kier alpha value is -1.10. The summed E-state index contributed by atoms with van der Waals surface area (Å²) in [4.78, 5) is 25.0. The SMILES string of the molecule is COC(=O)CC1NCCN(CC2CC2)C1=O. The monoisotopic (exact) mass is 226 g/mol. The maximum absolute atomic E-state index is 12.0. The zero-order chi connectivity index (χ0) is 11.5. The zero-order valence-corrected chi connectivity index (χ0v) is 9.57. The predicted molar refractivity (Wildman–Crippen MR) is 57.7 cm³/mol. The van der Waals surface area contributed by atoms with Crippen molar-refractivity contribution >= 4 is 11.9 Å². The molecular formula is C11H18N2O3. The van der Waals surface area contributed by atoms with E-state index in [0.29, 0.717) is 5.92 Å². The molecule has 1 aliphatic heterocycles. The summed E-state index contributed by atoms with van der Waals surface area (Å²) in [5.74, 6) is 0.406. The second-order valence-corrected chi connectivity index (χ2v) is 4.51. The fourth-order valence-electron chi connectivity index (χ4n) is 1.99. The molecule has 0 bridgehead atoms. The number of carbonyl (C=O) groups excluding carboxylic acids is 2. The van der Waals surface area contributed by atoms with E-state index in [1.807, 2.05) is 4.90 Å². The van der Waals surface area contributed by atoms with Crippen molar-refractivity contribution in [2.75, 3.05) is 26.7 Å². The minimum Gasteiger partial charge on any atom is -0.469 e. The van der Waals surface area contributed by atoms with Crippen molar-refractivity contribution in [3.05, 3.63) is 0 Å². The number of ether oxygens (including phenoxy) is 1. The number of piperazine rings is 1. The average molecular weight is 226 g/mol. The molecule has 1 unspecified atom stereocenters. The first-order valence-electron chi connectivity index (χ1n) is 5.79. The quantitative estimate of drug-likeness (QED) is 0.672. The maximum atomic E-state index is 12.0. The lowest BCUT2D eigenvalue weighted by atomic mass is 10.1. The molecule has 5 heteroatoms. The summed E-state index contributed by atoms with van der Waals surface area (Å²) in [6, 6.07) is -0.389. The molecule has 1 heterocycles. The van der Waals surface area contributed by atoms with Gasteiger partial charge >= 0.3 is 5.97 Å². The van der Waals surface area contributed by atoms with Crippen molar-refractivity contribution < 1.29 is 14.3 Å². The number of carbonyl (C=O) groups is 2. The summed E-state index contributed by atoms with van der Waals surface area (Å²) in [6.45, 7) is 2.38. The van der Waals surface area contributed by atoms with Gasteiger partial charge in [0.2, 0.25) is 5.91 Å². The largest absolute Gasteiger partial charge is 0.469 e. The van der Waals surface area contributed by atoms with E-state index in [2.05, 4.69) is 10.1 Å². The van der Waals surface area contributed by atoms with Gasteiger partial charge in [0.15, 0.2) is 0 Å². The molecule has 1 aliphatic carbocycles. The molecule has 0 spiro atoms. The van der Waals surface area contributed by atoms with Gasteiger partial charge in [-0.3, -0.25) is 9.59 Å². The van der Waals surface area contributed by atoms with E-state index < -0.39 is 0 Å². The smallest absolute Gasteiger partial charge is 0.307 e. The van der Waals surface area contributed by atoms with Crippen LogP contribution in [0.2, 0.25) is 0 Å². The number of hydrogen-bond donors (Lipinski definition) is 1. The number of methoxy groups -OCH3 is 1. The Bertz CT molecular complexity index is 289. The lowest BCUT2D eigenvalue weighted by Gasteiger charge is -2.32. The van der Waals surface area contributed by atoms with E-state index in [1.165, 1.54) is 20.0 Å². The van der Waals surface area contributed by atoms with Crippen molar-refractivity contribution in [2.45, 2.75) is 25.3 Å². The van der Waals surface area contributed by atoms with Gasteiger partial charge in [0.1, 0.15) is 0 Å². The van der Waals surface area contributed by atoms with Crippen molar-refractivity contribution in [1.29, 1.82) is 0 Å². The van der Waals surface area contributed by atoms with Crippen LogP contribution in [-0.4, -0.2) is 49.6 Å². The van der Waals surface area contributed by atoms with Crippen LogP contribution in [0.3, 0.4) is 0 Å². The number of amides is 1. The Morgan fingerprint density at radius 2 is 2.31 bits per heavy atom. The molecule has 2 rings (SSSR count). The Balaban J connectivity index is 1.87. The standard InChI is InChI=1S/C11H18N2O3/c1-16-10(14)6-9-11(15)13(5-4-12-9)7-8-2-3-8/h8-9,12H,2-7H2,1H3. The number of nitrogens with one attached hydrogen (secondary N) is 1. The summed E-state index contributed by atoms with van der Waals surface area (Å²) in [6.07, 6.45) is 2.61.